The van der Waals surface area contributed by atoms with Crippen LogP contribution >= 0.6 is 0 Å². The molecule has 0 radical (unpaired) electrons. The number of benzene rings is 4. The molecule has 2 nitrogen and oxygen atoms in total. The van der Waals surface area contributed by atoms with Gasteiger partial charge in [0.15, 0.2) is 5.78 Å². The molecule has 0 N–H and O–H groups in total. The molecule has 0 unspecified atom stereocenters. The predicted octanol–water partition coefficient (Wildman–Crippen LogP) is 5.66. The Hall–Kier alpha value is -3.39. The van der Waals surface area contributed by atoms with E-state index in [-0.39, 0.29) is 5.78 Å². The van der Waals surface area contributed by atoms with Gasteiger partial charge in [-0.25, -0.2) is 0 Å². The summed E-state index contributed by atoms with van der Waals surface area (Å²) in [6.07, 6.45) is 4.11. The molecule has 4 aromatic rings. The Morgan fingerprint density at radius 1 is 0.815 bits per heavy atom. The van der Waals surface area contributed by atoms with Crippen LogP contribution in [0.2, 0.25) is 0 Å². The highest BCUT2D eigenvalue weighted by Gasteiger charge is 2.15. The lowest BCUT2D eigenvalue weighted by Gasteiger charge is -2.24. The zero-order valence-corrected chi connectivity index (χ0v) is 14.9. The molecule has 1 aliphatic rings. The van der Waals surface area contributed by atoms with Crippen molar-refractivity contribution in [3.8, 4) is 0 Å². The van der Waals surface area contributed by atoms with Crippen LogP contribution < -0.4 is 0 Å². The Labute approximate surface area is 158 Å². The van der Waals surface area contributed by atoms with Crippen molar-refractivity contribution in [3.63, 3.8) is 0 Å². The molecule has 2 heteroatoms. The average molecular weight is 349 g/mol. The summed E-state index contributed by atoms with van der Waals surface area (Å²) in [5, 5.41) is 4.69. The largest absolute Gasteiger partial charge is 0.365 e. The molecule has 130 valence electrons. The second-order valence-electron chi connectivity index (χ2n) is 7.07. The molecule has 4 aromatic carbocycles. The zero-order chi connectivity index (χ0) is 18.2. The van der Waals surface area contributed by atoms with Gasteiger partial charge in [0.2, 0.25) is 0 Å². The zero-order valence-electron chi connectivity index (χ0n) is 14.9. The van der Waals surface area contributed by atoms with Crippen LogP contribution in [0.4, 0.5) is 0 Å². The minimum absolute atomic E-state index is 0.147. The molecule has 5 rings (SSSR count). The quantitative estimate of drug-likeness (QED) is 0.351. The van der Waals surface area contributed by atoms with Crippen molar-refractivity contribution in [2.45, 2.75) is 6.54 Å². The summed E-state index contributed by atoms with van der Waals surface area (Å²) in [5.74, 6) is 0.147. The van der Waals surface area contributed by atoms with E-state index in [0.29, 0.717) is 6.54 Å². The van der Waals surface area contributed by atoms with Crippen LogP contribution in [0.1, 0.15) is 21.5 Å². The molecule has 0 saturated carbocycles. The topological polar surface area (TPSA) is 20.3 Å². The number of nitrogens with zero attached hydrogens (tertiary/aromatic N) is 1. The highest BCUT2D eigenvalue weighted by Crippen LogP contribution is 2.27. The van der Waals surface area contributed by atoms with E-state index in [2.05, 4.69) is 53.4 Å². The Balaban J connectivity index is 1.45. The third-order valence-electron chi connectivity index (χ3n) is 5.31. The molecular weight excluding hydrogens is 330 g/mol. The summed E-state index contributed by atoms with van der Waals surface area (Å²) in [7, 11) is 0. The van der Waals surface area contributed by atoms with Gasteiger partial charge in [0.25, 0.3) is 0 Å². The molecular formula is C25H19NO. The second-order valence-corrected chi connectivity index (χ2v) is 7.07. The number of hydrogen-bond donors (Lipinski definition) is 0. The maximum absolute atomic E-state index is 12.9. The van der Waals surface area contributed by atoms with Gasteiger partial charge in [-0.3, -0.25) is 4.79 Å². The fourth-order valence-electron chi connectivity index (χ4n) is 3.86. The first-order valence-corrected chi connectivity index (χ1v) is 9.23. The number of carbonyl (C=O) groups excluding carboxylic acids is 1. The molecule has 0 aliphatic carbocycles. The Bertz CT molecular complexity index is 1210. The van der Waals surface area contributed by atoms with Gasteiger partial charge in [0, 0.05) is 18.3 Å². The van der Waals surface area contributed by atoms with Crippen molar-refractivity contribution in [1.82, 2.24) is 4.90 Å². The first-order chi connectivity index (χ1) is 13.3. The molecule has 0 aromatic heterocycles. The molecule has 1 aliphatic heterocycles. The Morgan fingerprint density at radius 3 is 2.48 bits per heavy atom. The van der Waals surface area contributed by atoms with Crippen LogP contribution in [-0.4, -0.2) is 17.2 Å². The van der Waals surface area contributed by atoms with Crippen LogP contribution in [0.3, 0.4) is 0 Å². The third kappa shape index (κ3) is 2.89. The van der Waals surface area contributed by atoms with Crippen LogP contribution in [0.15, 0.2) is 85.1 Å². The van der Waals surface area contributed by atoms with E-state index in [1.807, 2.05) is 42.6 Å². The second kappa shape index (κ2) is 6.40. The predicted molar refractivity (Wildman–Crippen MR) is 112 cm³/mol. The standard InChI is InChI=1S/C25H19NO/c27-25(17-26-14-13-18-5-1-2-7-22(18)16-26)21-12-11-20-10-9-19-6-3-4-8-23(19)24(20)15-21/h1-15H,16-17H2. The van der Waals surface area contributed by atoms with Gasteiger partial charge in [-0.2, -0.15) is 0 Å². The smallest absolute Gasteiger partial charge is 0.182 e. The number of carbonyl (C=O) groups is 1. The monoisotopic (exact) mass is 349 g/mol. The molecule has 27 heavy (non-hydrogen) atoms. The maximum atomic E-state index is 12.9. The minimum Gasteiger partial charge on any atom is -0.365 e. The summed E-state index contributed by atoms with van der Waals surface area (Å²) in [4.78, 5) is 15.0. The number of Topliss-reactive ketones (excluding diaryl/α,β-unsaturated/α-hetero) is 1. The van der Waals surface area contributed by atoms with E-state index in [9.17, 15) is 4.79 Å². The summed E-state index contributed by atoms with van der Waals surface area (Å²) in [5.41, 5.74) is 3.27. The van der Waals surface area contributed by atoms with E-state index in [0.717, 1.165) is 22.9 Å². The van der Waals surface area contributed by atoms with Crippen molar-refractivity contribution in [2.75, 3.05) is 6.54 Å². The van der Waals surface area contributed by atoms with Crippen molar-refractivity contribution >= 4 is 33.4 Å². The lowest BCUT2D eigenvalue weighted by molar-refractivity contribution is 0.0952. The first-order valence-electron chi connectivity index (χ1n) is 9.23. The highest BCUT2D eigenvalue weighted by atomic mass is 16.1. The van der Waals surface area contributed by atoms with Crippen LogP contribution in [0.25, 0.3) is 27.6 Å². The Kier molecular flexibility index (Phi) is 3.75. The van der Waals surface area contributed by atoms with Crippen molar-refractivity contribution in [1.29, 1.82) is 0 Å². The molecule has 0 amide bonds. The number of ketones is 1. The van der Waals surface area contributed by atoms with Crippen molar-refractivity contribution in [2.24, 2.45) is 0 Å². The van der Waals surface area contributed by atoms with Gasteiger partial charge < -0.3 is 4.90 Å². The van der Waals surface area contributed by atoms with Gasteiger partial charge in [-0.05, 0) is 44.8 Å². The Morgan fingerprint density at radius 2 is 1.56 bits per heavy atom. The van der Waals surface area contributed by atoms with Gasteiger partial charge in [-0.1, -0.05) is 72.8 Å². The van der Waals surface area contributed by atoms with E-state index >= 15 is 0 Å². The summed E-state index contributed by atoms with van der Waals surface area (Å²) >= 11 is 0. The third-order valence-corrected chi connectivity index (χ3v) is 5.31. The van der Waals surface area contributed by atoms with E-state index in [4.69, 9.17) is 0 Å². The van der Waals surface area contributed by atoms with Gasteiger partial charge >= 0.3 is 0 Å². The summed E-state index contributed by atoms with van der Waals surface area (Å²) in [6, 6.07) is 26.9. The number of hydrogen-bond acceptors (Lipinski definition) is 2. The first kappa shape index (κ1) is 15.8. The van der Waals surface area contributed by atoms with E-state index < -0.39 is 0 Å². The average Bonchev–Trinajstić information content (AvgIpc) is 2.73. The van der Waals surface area contributed by atoms with Crippen molar-refractivity contribution < 1.29 is 4.79 Å². The number of fused-ring (bicyclic) bond motifs is 4. The molecule has 0 bridgehead atoms. The highest BCUT2D eigenvalue weighted by molar-refractivity contribution is 6.10. The van der Waals surface area contributed by atoms with Crippen LogP contribution in [-0.2, 0) is 6.54 Å². The van der Waals surface area contributed by atoms with Crippen LogP contribution in [0.5, 0.6) is 0 Å². The minimum atomic E-state index is 0.147. The normalized spacial score (nSPS) is 13.1. The lowest BCUT2D eigenvalue weighted by atomic mass is 9.98. The summed E-state index contributed by atoms with van der Waals surface area (Å²) in [6.45, 7) is 1.16. The van der Waals surface area contributed by atoms with Gasteiger partial charge in [0.1, 0.15) is 0 Å². The van der Waals surface area contributed by atoms with Gasteiger partial charge in [0.05, 0.1) is 6.54 Å². The molecule has 0 saturated heterocycles. The SMILES string of the molecule is O=C(CN1C=Cc2ccccc2C1)c1ccc2ccc3ccccc3c2c1. The number of rotatable bonds is 3. The molecule has 1 heterocycles. The van der Waals surface area contributed by atoms with Crippen LogP contribution in [0, 0.1) is 0 Å². The summed E-state index contributed by atoms with van der Waals surface area (Å²) < 4.78 is 0. The molecule has 0 atom stereocenters. The van der Waals surface area contributed by atoms with Gasteiger partial charge in [-0.15, -0.1) is 0 Å². The fraction of sp³-hybridized carbons (Fsp3) is 0.0800. The van der Waals surface area contributed by atoms with E-state index in [1.54, 1.807) is 0 Å². The lowest BCUT2D eigenvalue weighted by Crippen LogP contribution is -2.26. The maximum Gasteiger partial charge on any atom is 0.182 e. The van der Waals surface area contributed by atoms with Crippen molar-refractivity contribution in [3.05, 3.63) is 102 Å². The molecule has 0 fully saturated rings. The fourth-order valence-corrected chi connectivity index (χ4v) is 3.86. The van der Waals surface area contributed by atoms with E-state index in [1.165, 1.54) is 21.9 Å². The molecule has 0 spiro atoms.